The van der Waals surface area contributed by atoms with E-state index in [1.165, 1.54) is 12.1 Å². The fourth-order valence-corrected chi connectivity index (χ4v) is 2.76. The molecular formula is C11H11ClF3NO4S. The van der Waals surface area contributed by atoms with Crippen molar-refractivity contribution in [2.45, 2.75) is 19.0 Å². The van der Waals surface area contributed by atoms with Gasteiger partial charge in [0.05, 0.1) is 16.3 Å². The van der Waals surface area contributed by atoms with Gasteiger partial charge in [-0.25, -0.2) is 13.2 Å². The first-order valence-corrected chi connectivity index (χ1v) is 7.63. The molecule has 0 spiro atoms. The number of carboxylic acids is 1. The Morgan fingerprint density at radius 2 is 1.95 bits per heavy atom. The van der Waals surface area contributed by atoms with E-state index >= 15 is 0 Å². The molecular weight excluding hydrogens is 335 g/mol. The van der Waals surface area contributed by atoms with Crippen molar-refractivity contribution >= 4 is 33.3 Å². The van der Waals surface area contributed by atoms with Crippen LogP contribution in [0.3, 0.4) is 0 Å². The Morgan fingerprint density at radius 1 is 1.33 bits per heavy atom. The van der Waals surface area contributed by atoms with Crippen LogP contribution in [0.1, 0.15) is 23.2 Å². The molecule has 2 N–H and O–H groups in total. The summed E-state index contributed by atoms with van der Waals surface area (Å²) in [5, 5.41) is 8.75. The van der Waals surface area contributed by atoms with Gasteiger partial charge < -0.3 is 5.11 Å². The summed E-state index contributed by atoms with van der Waals surface area (Å²) in [5.74, 6) is -2.07. The summed E-state index contributed by atoms with van der Waals surface area (Å²) in [7, 11) is -4.00. The molecule has 21 heavy (non-hydrogen) atoms. The number of hydrogen-bond acceptors (Lipinski definition) is 3. The van der Waals surface area contributed by atoms with Crippen LogP contribution in [0.5, 0.6) is 0 Å². The van der Waals surface area contributed by atoms with E-state index in [1.54, 1.807) is 0 Å². The molecule has 0 aliphatic rings. The van der Waals surface area contributed by atoms with Gasteiger partial charge in [0.2, 0.25) is 10.0 Å². The molecule has 1 rings (SSSR count). The van der Waals surface area contributed by atoms with Crippen molar-refractivity contribution in [2.24, 2.45) is 0 Å². The third-order valence-electron chi connectivity index (χ3n) is 2.34. The molecule has 1 aromatic carbocycles. The minimum Gasteiger partial charge on any atom is -0.478 e. The second-order valence-corrected chi connectivity index (χ2v) is 6.39. The maximum Gasteiger partial charge on any atom is 0.389 e. The highest BCUT2D eigenvalue weighted by Gasteiger charge is 2.27. The summed E-state index contributed by atoms with van der Waals surface area (Å²) in [4.78, 5) is 10.8. The molecule has 0 amide bonds. The van der Waals surface area contributed by atoms with Crippen molar-refractivity contribution < 1.29 is 31.5 Å². The Labute approximate surface area is 123 Å². The molecule has 0 fully saturated rings. The van der Waals surface area contributed by atoms with Gasteiger partial charge in [-0.2, -0.15) is 13.2 Å². The molecule has 0 bridgehead atoms. The molecule has 0 saturated carbocycles. The van der Waals surface area contributed by atoms with E-state index in [2.05, 4.69) is 0 Å². The first-order chi connectivity index (χ1) is 9.50. The number of alkyl halides is 3. The third kappa shape index (κ3) is 6.21. The van der Waals surface area contributed by atoms with Crippen LogP contribution in [0.15, 0.2) is 18.2 Å². The van der Waals surface area contributed by atoms with Crippen LogP contribution in [0.25, 0.3) is 0 Å². The van der Waals surface area contributed by atoms with Crippen molar-refractivity contribution in [3.8, 4) is 0 Å². The molecule has 0 saturated heterocycles. The van der Waals surface area contributed by atoms with Crippen molar-refractivity contribution in [2.75, 3.05) is 10.5 Å². The monoisotopic (exact) mass is 345 g/mol. The second-order valence-electron chi connectivity index (χ2n) is 4.14. The number of sulfonamides is 1. The maximum atomic E-state index is 11.9. The number of benzene rings is 1. The van der Waals surface area contributed by atoms with E-state index in [-0.39, 0.29) is 16.3 Å². The SMILES string of the molecule is O=C(O)c1cc(NS(=O)(=O)CCCC(F)(F)F)ccc1Cl. The number of carbonyl (C=O) groups is 1. The summed E-state index contributed by atoms with van der Waals surface area (Å²) in [6.45, 7) is 0. The first kappa shape index (κ1) is 17.6. The number of aromatic carboxylic acids is 1. The molecule has 0 atom stereocenters. The van der Waals surface area contributed by atoms with Crippen LogP contribution in [-0.2, 0) is 10.0 Å². The minimum absolute atomic E-state index is 0.0798. The van der Waals surface area contributed by atoms with Crippen molar-refractivity contribution in [3.05, 3.63) is 28.8 Å². The Balaban J connectivity index is 2.76. The van der Waals surface area contributed by atoms with Gasteiger partial charge in [0, 0.05) is 12.1 Å². The molecule has 5 nitrogen and oxygen atoms in total. The number of carboxylic acid groups (broad SMARTS) is 1. The lowest BCUT2D eigenvalue weighted by atomic mass is 10.2. The first-order valence-electron chi connectivity index (χ1n) is 5.60. The zero-order chi connectivity index (χ0) is 16.3. The van der Waals surface area contributed by atoms with Crippen LogP contribution in [0.2, 0.25) is 5.02 Å². The smallest absolute Gasteiger partial charge is 0.389 e. The Bertz CT molecular complexity index is 631. The fraction of sp³-hybridized carbons (Fsp3) is 0.364. The molecule has 0 radical (unpaired) electrons. The van der Waals surface area contributed by atoms with Crippen molar-refractivity contribution in [1.82, 2.24) is 0 Å². The summed E-state index contributed by atoms with van der Waals surface area (Å²) in [5.41, 5.74) is -0.393. The second kappa shape index (κ2) is 6.52. The van der Waals surface area contributed by atoms with Gasteiger partial charge in [-0.15, -0.1) is 0 Å². The van der Waals surface area contributed by atoms with Crippen LogP contribution < -0.4 is 4.72 Å². The van der Waals surface area contributed by atoms with Crippen molar-refractivity contribution in [1.29, 1.82) is 0 Å². The molecule has 118 valence electrons. The molecule has 1 aromatic rings. The third-order valence-corrected chi connectivity index (χ3v) is 4.05. The molecule has 0 unspecified atom stereocenters. The highest BCUT2D eigenvalue weighted by molar-refractivity contribution is 7.92. The van der Waals surface area contributed by atoms with Crippen LogP contribution in [0.4, 0.5) is 18.9 Å². The number of rotatable bonds is 6. The predicted octanol–water partition coefficient (Wildman–Crippen LogP) is 3.12. The molecule has 0 heterocycles. The van der Waals surface area contributed by atoms with Gasteiger partial charge >= 0.3 is 12.1 Å². The average Bonchev–Trinajstić information content (AvgIpc) is 2.28. The number of hydrogen-bond donors (Lipinski definition) is 2. The topological polar surface area (TPSA) is 83.5 Å². The maximum absolute atomic E-state index is 11.9. The van der Waals surface area contributed by atoms with Crippen LogP contribution >= 0.6 is 11.6 Å². The number of anilines is 1. The Kier molecular flexibility index (Phi) is 5.46. The molecule has 10 heteroatoms. The Morgan fingerprint density at radius 3 is 2.48 bits per heavy atom. The predicted molar refractivity (Wildman–Crippen MR) is 71.1 cm³/mol. The highest BCUT2D eigenvalue weighted by Crippen LogP contribution is 2.23. The highest BCUT2D eigenvalue weighted by atomic mass is 35.5. The van der Waals surface area contributed by atoms with Crippen molar-refractivity contribution in [3.63, 3.8) is 0 Å². The molecule has 0 aliphatic heterocycles. The largest absolute Gasteiger partial charge is 0.478 e. The number of nitrogens with one attached hydrogen (secondary N) is 1. The van der Waals surface area contributed by atoms with Crippen LogP contribution in [0, 0.1) is 0 Å². The van der Waals surface area contributed by atoms with E-state index in [1.807, 2.05) is 4.72 Å². The zero-order valence-electron chi connectivity index (χ0n) is 10.4. The van der Waals surface area contributed by atoms with E-state index < -0.39 is 40.8 Å². The van der Waals surface area contributed by atoms with Gasteiger partial charge in [0.15, 0.2) is 0 Å². The minimum atomic E-state index is -4.42. The molecule has 0 aliphatic carbocycles. The summed E-state index contributed by atoms with van der Waals surface area (Å²) in [6.07, 6.45) is -6.22. The zero-order valence-corrected chi connectivity index (χ0v) is 12.0. The number of halogens is 4. The fourth-order valence-electron chi connectivity index (χ4n) is 1.45. The lowest BCUT2D eigenvalue weighted by Crippen LogP contribution is -2.19. The van der Waals surface area contributed by atoms with Gasteiger partial charge in [0.1, 0.15) is 0 Å². The van der Waals surface area contributed by atoms with E-state index in [0.29, 0.717) is 0 Å². The lowest BCUT2D eigenvalue weighted by molar-refractivity contribution is -0.134. The summed E-state index contributed by atoms with van der Waals surface area (Å²) >= 11 is 5.61. The standard InChI is InChI=1S/C11H11ClF3NO4S/c12-9-3-2-7(6-8(9)10(17)18)16-21(19,20)5-1-4-11(13,14)15/h2-3,6,16H,1,4-5H2,(H,17,18). The average molecular weight is 346 g/mol. The van der Waals surface area contributed by atoms with Gasteiger partial charge in [-0.3, -0.25) is 4.72 Å². The summed E-state index contributed by atoms with van der Waals surface area (Å²) in [6, 6.07) is 3.39. The quantitative estimate of drug-likeness (QED) is 0.829. The Hall–Kier alpha value is -1.48. The lowest BCUT2D eigenvalue weighted by Gasteiger charge is -2.10. The van der Waals surface area contributed by atoms with Gasteiger partial charge in [-0.1, -0.05) is 11.6 Å². The van der Waals surface area contributed by atoms with Gasteiger partial charge in [0.25, 0.3) is 0 Å². The van der Waals surface area contributed by atoms with Gasteiger partial charge in [-0.05, 0) is 24.6 Å². The van der Waals surface area contributed by atoms with E-state index in [4.69, 9.17) is 16.7 Å². The van der Waals surface area contributed by atoms with E-state index in [9.17, 15) is 26.4 Å². The normalized spacial score (nSPS) is 12.2. The molecule has 0 aromatic heterocycles. The van der Waals surface area contributed by atoms with Crippen LogP contribution in [-0.4, -0.2) is 31.4 Å². The summed E-state index contributed by atoms with van der Waals surface area (Å²) < 4.78 is 61.0. The van der Waals surface area contributed by atoms with E-state index in [0.717, 1.165) is 6.07 Å².